The first kappa shape index (κ1) is 17.0. The average Bonchev–Trinajstić information content (AvgIpc) is 2.50. The molecule has 0 fully saturated rings. The summed E-state index contributed by atoms with van der Waals surface area (Å²) in [4.78, 5) is 24.2. The summed E-state index contributed by atoms with van der Waals surface area (Å²) in [6.07, 6.45) is -0.915. The molecule has 0 aromatic heterocycles. The van der Waals surface area contributed by atoms with Gasteiger partial charge in [0.25, 0.3) is 5.91 Å². The molecule has 23 heavy (non-hydrogen) atoms. The van der Waals surface area contributed by atoms with Crippen LogP contribution in [0.15, 0.2) is 42.5 Å². The Bertz CT molecular complexity index is 743. The number of halogens is 1. The molecule has 1 unspecified atom stereocenters. The van der Waals surface area contributed by atoms with Crippen LogP contribution >= 0.6 is 11.6 Å². The molecule has 1 atom stereocenters. The molecule has 0 bridgehead atoms. The number of esters is 1. The fraction of sp³-hybridized carbons (Fsp3) is 0.222. The summed E-state index contributed by atoms with van der Waals surface area (Å²) in [6.45, 7) is 5.27. The number of benzene rings is 2. The molecule has 0 aliphatic heterocycles. The van der Waals surface area contributed by atoms with Gasteiger partial charge in [0.15, 0.2) is 6.10 Å². The Morgan fingerprint density at radius 3 is 2.57 bits per heavy atom. The van der Waals surface area contributed by atoms with Crippen molar-refractivity contribution in [3.63, 3.8) is 0 Å². The molecule has 2 aromatic carbocycles. The van der Waals surface area contributed by atoms with Gasteiger partial charge in [-0.2, -0.15) is 0 Å². The van der Waals surface area contributed by atoms with Gasteiger partial charge in [-0.15, -0.1) is 0 Å². The molecular weight excluding hydrogens is 314 g/mol. The van der Waals surface area contributed by atoms with E-state index in [1.165, 1.54) is 6.92 Å². The highest BCUT2D eigenvalue weighted by atomic mass is 35.5. The summed E-state index contributed by atoms with van der Waals surface area (Å²) >= 11 is 5.92. The highest BCUT2D eigenvalue weighted by Crippen LogP contribution is 2.20. The Morgan fingerprint density at radius 2 is 1.87 bits per heavy atom. The molecule has 0 saturated heterocycles. The van der Waals surface area contributed by atoms with Crippen molar-refractivity contribution in [2.24, 2.45) is 0 Å². The van der Waals surface area contributed by atoms with Crippen LogP contribution in [0.5, 0.6) is 0 Å². The van der Waals surface area contributed by atoms with E-state index in [2.05, 4.69) is 5.32 Å². The lowest BCUT2D eigenvalue weighted by Crippen LogP contribution is -2.30. The van der Waals surface area contributed by atoms with Crippen molar-refractivity contribution in [1.82, 2.24) is 0 Å². The molecule has 0 radical (unpaired) electrons. The highest BCUT2D eigenvalue weighted by Gasteiger charge is 2.19. The molecule has 5 heteroatoms. The van der Waals surface area contributed by atoms with E-state index in [-0.39, 0.29) is 0 Å². The Balaban J connectivity index is 2.02. The first-order valence-corrected chi connectivity index (χ1v) is 7.59. The number of amides is 1. The lowest BCUT2D eigenvalue weighted by atomic mass is 10.1. The summed E-state index contributed by atoms with van der Waals surface area (Å²) in [5.74, 6) is -0.935. The second-order valence-corrected chi connectivity index (χ2v) is 5.80. The van der Waals surface area contributed by atoms with Crippen molar-refractivity contribution >= 4 is 29.2 Å². The van der Waals surface area contributed by atoms with Crippen LogP contribution in [0.1, 0.15) is 28.4 Å². The van der Waals surface area contributed by atoms with E-state index in [0.717, 1.165) is 11.1 Å². The number of rotatable bonds is 4. The molecule has 1 amide bonds. The number of hydrogen-bond acceptors (Lipinski definition) is 3. The molecule has 0 spiro atoms. The fourth-order valence-corrected chi connectivity index (χ4v) is 2.19. The Labute approximate surface area is 140 Å². The number of carbonyl (C=O) groups excluding carboxylic acids is 2. The van der Waals surface area contributed by atoms with E-state index in [1.807, 2.05) is 19.9 Å². The summed E-state index contributed by atoms with van der Waals surface area (Å²) in [7, 11) is 0. The van der Waals surface area contributed by atoms with Gasteiger partial charge in [-0.05, 0) is 50.6 Å². The van der Waals surface area contributed by atoms with Gasteiger partial charge in [-0.1, -0.05) is 35.4 Å². The van der Waals surface area contributed by atoms with E-state index >= 15 is 0 Å². The maximum atomic E-state index is 12.2. The summed E-state index contributed by atoms with van der Waals surface area (Å²) < 4.78 is 5.21. The smallest absolute Gasteiger partial charge is 0.338 e. The van der Waals surface area contributed by atoms with E-state index in [1.54, 1.807) is 36.4 Å². The summed E-state index contributed by atoms with van der Waals surface area (Å²) in [5, 5.41) is 3.24. The highest BCUT2D eigenvalue weighted by molar-refractivity contribution is 6.31. The van der Waals surface area contributed by atoms with Crippen LogP contribution in [-0.2, 0) is 9.53 Å². The number of hydrogen-bond donors (Lipinski definition) is 1. The third kappa shape index (κ3) is 4.57. The minimum absolute atomic E-state index is 0.406. The molecule has 0 heterocycles. The number of ether oxygens (including phenoxy) is 1. The lowest BCUT2D eigenvalue weighted by Gasteiger charge is -2.15. The molecule has 0 saturated carbocycles. The quantitative estimate of drug-likeness (QED) is 0.857. The lowest BCUT2D eigenvalue weighted by molar-refractivity contribution is -0.123. The van der Waals surface area contributed by atoms with Gasteiger partial charge in [0, 0.05) is 10.7 Å². The first-order valence-electron chi connectivity index (χ1n) is 7.21. The van der Waals surface area contributed by atoms with Gasteiger partial charge in [0.1, 0.15) is 0 Å². The van der Waals surface area contributed by atoms with Gasteiger partial charge >= 0.3 is 5.97 Å². The van der Waals surface area contributed by atoms with Crippen molar-refractivity contribution < 1.29 is 14.3 Å². The second-order valence-electron chi connectivity index (χ2n) is 5.37. The Hall–Kier alpha value is -2.33. The van der Waals surface area contributed by atoms with Crippen LogP contribution in [0.25, 0.3) is 0 Å². The van der Waals surface area contributed by atoms with Gasteiger partial charge in [0.05, 0.1) is 5.56 Å². The fourth-order valence-electron chi connectivity index (χ4n) is 2.02. The first-order chi connectivity index (χ1) is 10.9. The van der Waals surface area contributed by atoms with Crippen LogP contribution in [0.4, 0.5) is 5.69 Å². The monoisotopic (exact) mass is 331 g/mol. The van der Waals surface area contributed by atoms with Crippen LogP contribution in [-0.4, -0.2) is 18.0 Å². The maximum absolute atomic E-state index is 12.2. The molecule has 1 N–H and O–H groups in total. The number of carbonyl (C=O) groups is 2. The number of anilines is 1. The van der Waals surface area contributed by atoms with Crippen molar-refractivity contribution in [1.29, 1.82) is 0 Å². The zero-order valence-corrected chi connectivity index (χ0v) is 14.0. The predicted molar refractivity (Wildman–Crippen MR) is 90.9 cm³/mol. The van der Waals surface area contributed by atoms with Gasteiger partial charge in [-0.3, -0.25) is 4.79 Å². The van der Waals surface area contributed by atoms with Gasteiger partial charge < -0.3 is 10.1 Å². The zero-order chi connectivity index (χ0) is 17.0. The normalized spacial score (nSPS) is 11.7. The second kappa shape index (κ2) is 7.29. The van der Waals surface area contributed by atoms with Crippen LogP contribution in [0.2, 0.25) is 5.02 Å². The molecule has 0 aliphatic carbocycles. The number of aryl methyl sites for hydroxylation is 2. The third-order valence-corrected chi connectivity index (χ3v) is 3.60. The summed E-state index contributed by atoms with van der Waals surface area (Å²) in [6, 6.07) is 12.2. The number of nitrogens with one attached hydrogen (secondary N) is 1. The van der Waals surface area contributed by atoms with Crippen LogP contribution in [0.3, 0.4) is 0 Å². The minimum Gasteiger partial charge on any atom is -0.449 e. The minimum atomic E-state index is -0.915. The van der Waals surface area contributed by atoms with E-state index in [9.17, 15) is 9.59 Å². The van der Waals surface area contributed by atoms with Crippen LogP contribution < -0.4 is 5.32 Å². The van der Waals surface area contributed by atoms with E-state index < -0.39 is 18.0 Å². The van der Waals surface area contributed by atoms with Crippen molar-refractivity contribution in [2.45, 2.75) is 26.9 Å². The van der Waals surface area contributed by atoms with Gasteiger partial charge in [-0.25, -0.2) is 4.79 Å². The molecule has 120 valence electrons. The van der Waals surface area contributed by atoms with Crippen molar-refractivity contribution in [3.05, 3.63) is 64.2 Å². The largest absolute Gasteiger partial charge is 0.449 e. The Morgan fingerprint density at radius 1 is 1.13 bits per heavy atom. The molecule has 4 nitrogen and oxygen atoms in total. The standard InChI is InChI=1S/C18H18ClNO3/c1-11-5-4-6-14(9-11)18(22)23-13(3)17(21)20-16-10-15(19)8-7-12(16)2/h4-10,13H,1-3H3,(H,20,21). The SMILES string of the molecule is Cc1cccc(C(=O)OC(C)C(=O)Nc2cc(Cl)ccc2C)c1. The summed E-state index contributed by atoms with van der Waals surface area (Å²) in [5.41, 5.74) is 2.84. The third-order valence-electron chi connectivity index (χ3n) is 3.36. The average molecular weight is 332 g/mol. The van der Waals surface area contributed by atoms with Crippen molar-refractivity contribution in [3.8, 4) is 0 Å². The predicted octanol–water partition coefficient (Wildman–Crippen LogP) is 4.14. The molecular formula is C18H18ClNO3. The Kier molecular flexibility index (Phi) is 5.40. The van der Waals surface area contributed by atoms with E-state index in [0.29, 0.717) is 16.3 Å². The molecule has 2 aromatic rings. The maximum Gasteiger partial charge on any atom is 0.338 e. The van der Waals surface area contributed by atoms with Crippen LogP contribution in [0, 0.1) is 13.8 Å². The zero-order valence-electron chi connectivity index (χ0n) is 13.2. The van der Waals surface area contributed by atoms with E-state index in [4.69, 9.17) is 16.3 Å². The molecule has 0 aliphatic rings. The van der Waals surface area contributed by atoms with Gasteiger partial charge in [0.2, 0.25) is 0 Å². The molecule has 2 rings (SSSR count). The van der Waals surface area contributed by atoms with Crippen molar-refractivity contribution in [2.75, 3.05) is 5.32 Å². The topological polar surface area (TPSA) is 55.4 Å².